The van der Waals surface area contributed by atoms with E-state index in [1.54, 1.807) is 6.07 Å². The van der Waals surface area contributed by atoms with Crippen molar-refractivity contribution in [2.45, 2.75) is 6.54 Å². The molecule has 0 unspecified atom stereocenters. The van der Waals surface area contributed by atoms with E-state index in [1.807, 2.05) is 41.3 Å². The molecule has 0 saturated carbocycles. The molecule has 0 radical (unpaired) electrons. The molecule has 1 aromatic carbocycles. The van der Waals surface area contributed by atoms with Crippen LogP contribution in [0.5, 0.6) is 0 Å². The van der Waals surface area contributed by atoms with Crippen molar-refractivity contribution in [3.05, 3.63) is 53.7 Å². The first-order valence-corrected chi connectivity index (χ1v) is 6.30. The number of aliphatic hydroxyl groups is 1. The topological polar surface area (TPSA) is 86.2 Å². The highest BCUT2D eigenvalue weighted by Crippen LogP contribution is 2.22. The number of anilines is 2. The minimum Gasteiger partial charge on any atom is -0.396 e. The lowest BCUT2D eigenvalue weighted by Crippen LogP contribution is -2.27. The molecule has 0 fully saturated rings. The maximum Gasteiger partial charge on any atom is 0.152 e. The Labute approximate surface area is 117 Å². The molecule has 0 aliphatic rings. The molecule has 0 spiro atoms. The highest BCUT2D eigenvalue weighted by molar-refractivity contribution is 5.64. The van der Waals surface area contributed by atoms with Crippen molar-refractivity contribution in [1.29, 1.82) is 5.26 Å². The van der Waals surface area contributed by atoms with Gasteiger partial charge in [0, 0.05) is 19.3 Å². The normalized spacial score (nSPS) is 10.0. The molecule has 0 saturated heterocycles. The van der Waals surface area contributed by atoms with Crippen LogP contribution in [0, 0.1) is 11.3 Å². The summed E-state index contributed by atoms with van der Waals surface area (Å²) in [6.45, 7) is 1.04. The number of benzene rings is 1. The van der Waals surface area contributed by atoms with Crippen LogP contribution in [-0.4, -0.2) is 23.2 Å². The van der Waals surface area contributed by atoms with Gasteiger partial charge < -0.3 is 15.7 Å². The molecule has 2 aromatic rings. The van der Waals surface area contributed by atoms with Crippen LogP contribution in [0.15, 0.2) is 42.6 Å². The van der Waals surface area contributed by atoms with Crippen LogP contribution in [0.2, 0.25) is 0 Å². The smallest absolute Gasteiger partial charge is 0.152 e. The summed E-state index contributed by atoms with van der Waals surface area (Å²) in [5.41, 5.74) is 7.91. The Morgan fingerprint density at radius 2 is 2.05 bits per heavy atom. The average Bonchev–Trinajstić information content (AvgIpc) is 2.48. The first-order valence-electron chi connectivity index (χ1n) is 6.30. The van der Waals surface area contributed by atoms with Gasteiger partial charge in [-0.3, -0.25) is 0 Å². The van der Waals surface area contributed by atoms with E-state index in [-0.39, 0.29) is 6.61 Å². The van der Waals surface area contributed by atoms with Crippen LogP contribution in [0.1, 0.15) is 11.1 Å². The Morgan fingerprint density at radius 1 is 1.30 bits per heavy atom. The Balaban J connectivity index is 2.27. The van der Waals surface area contributed by atoms with E-state index in [0.717, 1.165) is 5.56 Å². The van der Waals surface area contributed by atoms with Crippen LogP contribution in [0.3, 0.4) is 0 Å². The molecule has 20 heavy (non-hydrogen) atoms. The van der Waals surface area contributed by atoms with Gasteiger partial charge in [0.2, 0.25) is 0 Å². The molecule has 0 aliphatic carbocycles. The van der Waals surface area contributed by atoms with Gasteiger partial charge in [0.15, 0.2) is 5.82 Å². The third kappa shape index (κ3) is 3.25. The summed E-state index contributed by atoms with van der Waals surface area (Å²) in [5.74, 6) is 0.585. The monoisotopic (exact) mass is 268 g/mol. The number of aliphatic hydroxyl groups excluding tert-OH is 1. The quantitative estimate of drug-likeness (QED) is 0.859. The second-order valence-electron chi connectivity index (χ2n) is 4.38. The zero-order valence-corrected chi connectivity index (χ0v) is 11.0. The number of nitriles is 1. The summed E-state index contributed by atoms with van der Waals surface area (Å²) in [6, 6.07) is 13.5. The van der Waals surface area contributed by atoms with E-state index in [9.17, 15) is 5.11 Å². The molecule has 102 valence electrons. The van der Waals surface area contributed by atoms with E-state index in [1.165, 1.54) is 6.20 Å². The summed E-state index contributed by atoms with van der Waals surface area (Å²) in [4.78, 5) is 6.13. The van der Waals surface area contributed by atoms with Gasteiger partial charge in [0.1, 0.15) is 6.07 Å². The molecular weight excluding hydrogens is 252 g/mol. The van der Waals surface area contributed by atoms with Crippen molar-refractivity contribution in [2.75, 3.05) is 23.8 Å². The van der Waals surface area contributed by atoms with Gasteiger partial charge in [0.05, 0.1) is 17.9 Å². The molecule has 5 nitrogen and oxygen atoms in total. The van der Waals surface area contributed by atoms with Crippen molar-refractivity contribution >= 4 is 11.5 Å². The van der Waals surface area contributed by atoms with Crippen LogP contribution in [0.4, 0.5) is 11.5 Å². The number of hydrogen-bond donors (Lipinski definition) is 2. The molecule has 0 amide bonds. The fraction of sp³-hybridized carbons (Fsp3) is 0.200. The van der Waals surface area contributed by atoms with Gasteiger partial charge in [0.25, 0.3) is 0 Å². The molecule has 3 N–H and O–H groups in total. The Kier molecular flexibility index (Phi) is 4.53. The second kappa shape index (κ2) is 6.55. The minimum absolute atomic E-state index is 0.00789. The van der Waals surface area contributed by atoms with Crippen LogP contribution < -0.4 is 10.6 Å². The van der Waals surface area contributed by atoms with Crippen LogP contribution in [0.25, 0.3) is 0 Å². The number of aromatic nitrogens is 1. The van der Waals surface area contributed by atoms with Crippen molar-refractivity contribution in [3.63, 3.8) is 0 Å². The van der Waals surface area contributed by atoms with E-state index < -0.39 is 0 Å². The van der Waals surface area contributed by atoms with Gasteiger partial charge in [-0.25, -0.2) is 4.98 Å². The molecule has 0 aliphatic heterocycles. The number of nitrogens with two attached hydrogens (primary N) is 1. The first-order chi connectivity index (χ1) is 9.74. The van der Waals surface area contributed by atoms with Gasteiger partial charge in [-0.2, -0.15) is 5.26 Å². The van der Waals surface area contributed by atoms with E-state index in [4.69, 9.17) is 11.0 Å². The minimum atomic E-state index is 0.00789. The predicted molar refractivity (Wildman–Crippen MR) is 77.9 cm³/mol. The zero-order chi connectivity index (χ0) is 14.4. The lowest BCUT2D eigenvalue weighted by molar-refractivity contribution is 0.301. The van der Waals surface area contributed by atoms with Gasteiger partial charge in [-0.1, -0.05) is 30.3 Å². The van der Waals surface area contributed by atoms with Crippen molar-refractivity contribution in [3.8, 4) is 6.07 Å². The predicted octanol–water partition coefficient (Wildman–Crippen LogP) is 1.53. The maximum absolute atomic E-state index is 9.21. The van der Waals surface area contributed by atoms with Crippen LogP contribution >= 0.6 is 0 Å². The highest BCUT2D eigenvalue weighted by Gasteiger charge is 2.12. The standard InChI is InChI=1S/C15H16N4O/c16-9-13-8-14(17)15(18-10-13)19(6-7-20)11-12-4-2-1-3-5-12/h1-5,8,10,20H,6-7,11,17H2. The second-order valence-corrected chi connectivity index (χ2v) is 4.38. The number of nitrogen functional groups attached to an aromatic ring is 1. The fourth-order valence-corrected chi connectivity index (χ4v) is 1.98. The molecule has 0 bridgehead atoms. The van der Waals surface area contributed by atoms with E-state index >= 15 is 0 Å². The molecule has 5 heteroatoms. The van der Waals surface area contributed by atoms with Crippen LogP contribution in [-0.2, 0) is 6.54 Å². The van der Waals surface area contributed by atoms with Gasteiger partial charge in [-0.05, 0) is 11.6 Å². The van der Waals surface area contributed by atoms with E-state index in [0.29, 0.717) is 30.2 Å². The summed E-state index contributed by atoms with van der Waals surface area (Å²) in [7, 11) is 0. The Morgan fingerprint density at radius 3 is 2.65 bits per heavy atom. The molecular formula is C15H16N4O. The third-order valence-electron chi connectivity index (χ3n) is 2.91. The lowest BCUT2D eigenvalue weighted by Gasteiger charge is -2.24. The Bertz CT molecular complexity index is 607. The maximum atomic E-state index is 9.21. The summed E-state index contributed by atoms with van der Waals surface area (Å²) in [6.07, 6.45) is 1.49. The SMILES string of the molecule is N#Cc1cnc(N(CCO)Cc2ccccc2)c(N)c1. The van der Waals surface area contributed by atoms with Crippen molar-refractivity contribution in [1.82, 2.24) is 4.98 Å². The number of nitrogens with zero attached hydrogens (tertiary/aromatic N) is 3. The summed E-state index contributed by atoms with van der Waals surface area (Å²) in [5, 5.41) is 18.0. The largest absolute Gasteiger partial charge is 0.396 e. The highest BCUT2D eigenvalue weighted by atomic mass is 16.3. The zero-order valence-electron chi connectivity index (χ0n) is 11.0. The van der Waals surface area contributed by atoms with Gasteiger partial charge in [-0.15, -0.1) is 0 Å². The molecule has 2 rings (SSSR count). The first kappa shape index (κ1) is 13.8. The third-order valence-corrected chi connectivity index (χ3v) is 2.91. The lowest BCUT2D eigenvalue weighted by atomic mass is 10.2. The average molecular weight is 268 g/mol. The molecule has 1 heterocycles. The molecule has 0 atom stereocenters. The van der Waals surface area contributed by atoms with Gasteiger partial charge >= 0.3 is 0 Å². The molecule has 1 aromatic heterocycles. The van der Waals surface area contributed by atoms with Crippen molar-refractivity contribution < 1.29 is 5.11 Å². The Hall–Kier alpha value is -2.58. The van der Waals surface area contributed by atoms with E-state index in [2.05, 4.69) is 4.98 Å². The summed E-state index contributed by atoms with van der Waals surface area (Å²) < 4.78 is 0. The number of hydrogen-bond acceptors (Lipinski definition) is 5. The fourth-order valence-electron chi connectivity index (χ4n) is 1.98. The number of rotatable bonds is 5. The van der Waals surface area contributed by atoms with Crippen molar-refractivity contribution in [2.24, 2.45) is 0 Å². The number of pyridine rings is 1. The summed E-state index contributed by atoms with van der Waals surface area (Å²) >= 11 is 0.